The first-order valence-corrected chi connectivity index (χ1v) is 7.54. The topological polar surface area (TPSA) is 66.4 Å². The highest BCUT2D eigenvalue weighted by molar-refractivity contribution is 7.89. The van der Waals surface area contributed by atoms with Gasteiger partial charge in [-0.15, -0.1) is 0 Å². The van der Waals surface area contributed by atoms with Gasteiger partial charge in [-0.05, 0) is 30.0 Å². The zero-order valence-corrected chi connectivity index (χ0v) is 12.2. The van der Waals surface area contributed by atoms with Gasteiger partial charge in [-0.2, -0.15) is 0 Å². The molecule has 0 amide bonds. The molecule has 0 aromatic heterocycles. The number of sulfonamides is 1. The molecule has 0 aliphatic heterocycles. The lowest BCUT2D eigenvalue weighted by atomic mass is 9.86. The maximum Gasteiger partial charge on any atom is 0.240 e. The standard InChI is InChI=1S/C13H20FNO3S/c1-13(2,3)12(7-8-16)15-19(17,18)11-6-4-5-10(14)9-11/h4-6,9,12,15-16H,7-8H2,1-3H3. The van der Waals surface area contributed by atoms with Crippen molar-refractivity contribution in [2.75, 3.05) is 6.61 Å². The fraction of sp³-hybridized carbons (Fsp3) is 0.538. The van der Waals surface area contributed by atoms with Crippen molar-refractivity contribution in [3.05, 3.63) is 30.1 Å². The molecular formula is C13H20FNO3S. The predicted octanol–water partition coefficient (Wildman–Crippen LogP) is 1.90. The van der Waals surface area contributed by atoms with Crippen LogP contribution < -0.4 is 4.72 Å². The average Bonchev–Trinajstić information content (AvgIpc) is 2.27. The summed E-state index contributed by atoms with van der Waals surface area (Å²) in [5, 5.41) is 9.02. The van der Waals surface area contributed by atoms with Gasteiger partial charge in [-0.1, -0.05) is 26.8 Å². The Balaban J connectivity index is 3.01. The second kappa shape index (κ2) is 5.98. The highest BCUT2D eigenvalue weighted by atomic mass is 32.2. The van der Waals surface area contributed by atoms with E-state index in [2.05, 4.69) is 4.72 Å². The monoisotopic (exact) mass is 289 g/mol. The SMILES string of the molecule is CC(C)(C)C(CCO)NS(=O)(=O)c1cccc(F)c1. The number of aliphatic hydroxyl groups is 1. The zero-order chi connectivity index (χ0) is 14.7. The third-order valence-electron chi connectivity index (χ3n) is 2.87. The first-order chi connectivity index (χ1) is 8.66. The van der Waals surface area contributed by atoms with Crippen LogP contribution in [0.3, 0.4) is 0 Å². The van der Waals surface area contributed by atoms with E-state index in [1.54, 1.807) is 0 Å². The Morgan fingerprint density at radius 1 is 1.37 bits per heavy atom. The summed E-state index contributed by atoms with van der Waals surface area (Å²) >= 11 is 0. The Morgan fingerprint density at radius 2 is 2.00 bits per heavy atom. The average molecular weight is 289 g/mol. The minimum Gasteiger partial charge on any atom is -0.396 e. The maximum atomic E-state index is 13.1. The van der Waals surface area contributed by atoms with Crippen molar-refractivity contribution < 1.29 is 17.9 Å². The predicted molar refractivity (Wildman–Crippen MR) is 71.7 cm³/mol. The van der Waals surface area contributed by atoms with Crippen LogP contribution in [0.4, 0.5) is 4.39 Å². The van der Waals surface area contributed by atoms with Crippen LogP contribution in [0, 0.1) is 11.2 Å². The summed E-state index contributed by atoms with van der Waals surface area (Å²) in [6.45, 7) is 5.51. The third kappa shape index (κ3) is 4.56. The van der Waals surface area contributed by atoms with Crippen molar-refractivity contribution in [3.8, 4) is 0 Å². The molecule has 0 saturated heterocycles. The number of hydrogen-bond donors (Lipinski definition) is 2. The Labute approximate surface area is 113 Å². The summed E-state index contributed by atoms with van der Waals surface area (Å²) in [6.07, 6.45) is 0.304. The summed E-state index contributed by atoms with van der Waals surface area (Å²) < 4.78 is 39.9. The Hall–Kier alpha value is -0.980. The molecule has 0 fully saturated rings. The van der Waals surface area contributed by atoms with E-state index >= 15 is 0 Å². The summed E-state index contributed by atoms with van der Waals surface area (Å²) in [6, 6.07) is 4.42. The lowest BCUT2D eigenvalue weighted by Crippen LogP contribution is -2.44. The first kappa shape index (κ1) is 16.1. The molecule has 0 spiro atoms. The van der Waals surface area contributed by atoms with Gasteiger partial charge in [0.15, 0.2) is 0 Å². The van der Waals surface area contributed by atoms with Gasteiger partial charge in [0, 0.05) is 12.6 Å². The van der Waals surface area contributed by atoms with Gasteiger partial charge in [-0.25, -0.2) is 17.5 Å². The van der Waals surface area contributed by atoms with Gasteiger partial charge < -0.3 is 5.11 Å². The van der Waals surface area contributed by atoms with Crippen LogP contribution in [0.5, 0.6) is 0 Å². The van der Waals surface area contributed by atoms with E-state index in [1.165, 1.54) is 18.2 Å². The molecule has 4 nitrogen and oxygen atoms in total. The van der Waals surface area contributed by atoms with Gasteiger partial charge >= 0.3 is 0 Å². The van der Waals surface area contributed by atoms with Crippen molar-refractivity contribution in [2.24, 2.45) is 5.41 Å². The zero-order valence-electron chi connectivity index (χ0n) is 11.4. The normalized spacial score (nSPS) is 14.4. The van der Waals surface area contributed by atoms with E-state index in [0.717, 1.165) is 6.07 Å². The van der Waals surface area contributed by atoms with Gasteiger partial charge in [0.25, 0.3) is 0 Å². The second-order valence-electron chi connectivity index (χ2n) is 5.51. The minimum absolute atomic E-state index is 0.111. The number of aliphatic hydroxyl groups excluding tert-OH is 1. The third-order valence-corrected chi connectivity index (χ3v) is 4.34. The van der Waals surface area contributed by atoms with Gasteiger partial charge in [0.2, 0.25) is 10.0 Å². The molecule has 0 bridgehead atoms. The number of rotatable bonds is 5. The summed E-state index contributed by atoms with van der Waals surface area (Å²) in [4.78, 5) is -0.111. The molecule has 1 unspecified atom stereocenters. The molecule has 1 aromatic carbocycles. The lowest BCUT2D eigenvalue weighted by molar-refractivity contribution is 0.214. The van der Waals surface area contributed by atoms with Crippen molar-refractivity contribution in [2.45, 2.75) is 38.1 Å². The summed E-state index contributed by atoms with van der Waals surface area (Å²) in [5.74, 6) is -0.600. The Morgan fingerprint density at radius 3 is 2.47 bits per heavy atom. The van der Waals surface area contributed by atoms with Gasteiger partial charge in [0.05, 0.1) is 4.90 Å². The van der Waals surface area contributed by atoms with Crippen molar-refractivity contribution in [3.63, 3.8) is 0 Å². The smallest absolute Gasteiger partial charge is 0.240 e. The molecule has 19 heavy (non-hydrogen) atoms. The van der Waals surface area contributed by atoms with Crippen LogP contribution in [0.25, 0.3) is 0 Å². The van der Waals surface area contributed by atoms with E-state index in [1.807, 2.05) is 20.8 Å². The van der Waals surface area contributed by atoms with E-state index < -0.39 is 21.9 Å². The van der Waals surface area contributed by atoms with Crippen LogP contribution in [-0.2, 0) is 10.0 Å². The van der Waals surface area contributed by atoms with E-state index in [-0.39, 0.29) is 16.9 Å². The summed E-state index contributed by atoms with van der Waals surface area (Å²) in [5.41, 5.74) is -0.344. The molecule has 0 radical (unpaired) electrons. The molecule has 0 aliphatic rings. The van der Waals surface area contributed by atoms with Gasteiger partial charge in [0.1, 0.15) is 5.82 Å². The van der Waals surface area contributed by atoms with E-state index in [9.17, 15) is 12.8 Å². The molecule has 6 heteroatoms. The highest BCUT2D eigenvalue weighted by Gasteiger charge is 2.29. The van der Waals surface area contributed by atoms with Crippen LogP contribution in [0.2, 0.25) is 0 Å². The minimum atomic E-state index is -3.79. The van der Waals surface area contributed by atoms with Crippen molar-refractivity contribution in [1.29, 1.82) is 0 Å². The number of halogens is 1. The molecule has 1 rings (SSSR count). The molecule has 0 aliphatic carbocycles. The van der Waals surface area contributed by atoms with Crippen LogP contribution in [-0.4, -0.2) is 26.2 Å². The molecule has 2 N–H and O–H groups in total. The lowest BCUT2D eigenvalue weighted by Gasteiger charge is -2.30. The van der Waals surface area contributed by atoms with Crippen molar-refractivity contribution in [1.82, 2.24) is 4.72 Å². The maximum absolute atomic E-state index is 13.1. The van der Waals surface area contributed by atoms with E-state index in [4.69, 9.17) is 5.11 Å². The molecular weight excluding hydrogens is 269 g/mol. The number of nitrogens with one attached hydrogen (secondary N) is 1. The largest absolute Gasteiger partial charge is 0.396 e. The van der Waals surface area contributed by atoms with Gasteiger partial charge in [-0.3, -0.25) is 0 Å². The quantitative estimate of drug-likeness (QED) is 0.870. The molecule has 0 heterocycles. The Kier molecular flexibility index (Phi) is 5.06. The Bertz CT molecular complexity index is 523. The van der Waals surface area contributed by atoms with E-state index in [0.29, 0.717) is 6.42 Å². The number of hydrogen-bond acceptors (Lipinski definition) is 3. The molecule has 108 valence electrons. The second-order valence-corrected chi connectivity index (χ2v) is 7.22. The van der Waals surface area contributed by atoms with Crippen molar-refractivity contribution >= 4 is 10.0 Å². The van der Waals surface area contributed by atoms with Crippen LogP contribution in [0.15, 0.2) is 29.2 Å². The fourth-order valence-corrected chi connectivity index (χ4v) is 3.19. The molecule has 0 saturated carbocycles. The van der Waals surface area contributed by atoms with Crippen LogP contribution in [0.1, 0.15) is 27.2 Å². The fourth-order valence-electron chi connectivity index (χ4n) is 1.69. The molecule has 1 atom stereocenters. The molecule has 1 aromatic rings. The van der Waals surface area contributed by atoms with Crippen LogP contribution >= 0.6 is 0 Å². The first-order valence-electron chi connectivity index (χ1n) is 6.05. The number of benzene rings is 1. The summed E-state index contributed by atoms with van der Waals surface area (Å²) in [7, 11) is -3.79. The highest BCUT2D eigenvalue weighted by Crippen LogP contribution is 2.23.